The molecule has 0 saturated carbocycles. The molecule has 0 N–H and O–H groups in total. The molecule has 0 amide bonds. The predicted octanol–water partition coefficient (Wildman–Crippen LogP) is 17.8. The van der Waals surface area contributed by atoms with Crippen molar-refractivity contribution in [2.45, 2.75) is 0 Å². The summed E-state index contributed by atoms with van der Waals surface area (Å²) >= 11 is 0. The summed E-state index contributed by atoms with van der Waals surface area (Å²) in [5.41, 5.74) is 17.2. The lowest BCUT2D eigenvalue weighted by Gasteiger charge is -2.20. The highest BCUT2D eigenvalue weighted by atomic mass is 15.0. The van der Waals surface area contributed by atoms with Crippen LogP contribution in [0.4, 0.5) is 0 Å². The quantitative estimate of drug-likeness (QED) is 0.132. The van der Waals surface area contributed by atoms with Crippen molar-refractivity contribution in [2.75, 3.05) is 0 Å². The third-order valence-electron chi connectivity index (χ3n) is 16.6. The average Bonchev–Trinajstić information content (AvgIpc) is 1.57. The first kappa shape index (κ1) is 55.5. The van der Waals surface area contributed by atoms with Gasteiger partial charge in [0.15, 0.2) is 0 Å². The largest absolute Gasteiger partial charge is 0.309 e. The first-order valence-electron chi connectivity index (χ1n) is 28.8. The molecule has 12 heteroatoms. The molecular formula is C80H38N12. The van der Waals surface area contributed by atoms with Crippen molar-refractivity contribution in [1.29, 1.82) is 47.4 Å². The molecule has 0 aliphatic rings. The smallest absolute Gasteiger partial charge is 0.101 e. The van der Waals surface area contributed by atoms with E-state index in [1.807, 2.05) is 146 Å². The number of aromatic nitrogens is 3. The number of fused-ring (bicyclic) bond motifs is 6. The lowest BCUT2D eigenvalue weighted by molar-refractivity contribution is 1.13. The highest BCUT2D eigenvalue weighted by Gasteiger charge is 2.25. The molecule has 12 nitrogen and oxygen atoms in total. The molecule has 3 aromatic heterocycles. The summed E-state index contributed by atoms with van der Waals surface area (Å²) in [5, 5.41) is 95.7. The topological polar surface area (TPSA) is 237 Å². The van der Waals surface area contributed by atoms with Crippen LogP contribution >= 0.6 is 0 Å². The van der Waals surface area contributed by atoms with Crippen molar-refractivity contribution in [3.63, 3.8) is 0 Å². The highest BCUT2D eigenvalue weighted by Crippen LogP contribution is 2.45. The summed E-state index contributed by atoms with van der Waals surface area (Å²) in [6.45, 7) is 0. The molecule has 418 valence electrons. The van der Waals surface area contributed by atoms with Gasteiger partial charge in [-0.1, -0.05) is 84.9 Å². The van der Waals surface area contributed by atoms with E-state index in [1.165, 1.54) is 0 Å². The molecule has 0 fully saturated rings. The lowest BCUT2D eigenvalue weighted by atomic mass is 9.96. The molecule has 14 aromatic rings. The number of pyridine rings is 1. The third kappa shape index (κ3) is 9.76. The molecule has 0 atom stereocenters. The van der Waals surface area contributed by atoms with E-state index in [-0.39, 0.29) is 0 Å². The van der Waals surface area contributed by atoms with Crippen molar-refractivity contribution in [1.82, 2.24) is 14.1 Å². The lowest BCUT2D eigenvalue weighted by Crippen LogP contribution is -2.04. The molecule has 0 aliphatic heterocycles. The van der Waals surface area contributed by atoms with Crippen LogP contribution in [0.3, 0.4) is 0 Å². The first-order valence-corrected chi connectivity index (χ1v) is 28.8. The number of nitriles is 9. The van der Waals surface area contributed by atoms with Gasteiger partial charge >= 0.3 is 0 Å². The Labute approximate surface area is 527 Å². The van der Waals surface area contributed by atoms with Crippen molar-refractivity contribution in [3.05, 3.63) is 281 Å². The fourth-order valence-corrected chi connectivity index (χ4v) is 12.4. The Hall–Kier alpha value is -14.4. The second-order valence-electron chi connectivity index (χ2n) is 22.0. The average molecular weight is 1170 g/mol. The van der Waals surface area contributed by atoms with Crippen molar-refractivity contribution < 1.29 is 0 Å². The Morgan fingerprint density at radius 1 is 0.228 bits per heavy atom. The highest BCUT2D eigenvalue weighted by molar-refractivity contribution is 6.14. The van der Waals surface area contributed by atoms with E-state index in [0.29, 0.717) is 101 Å². The first-order chi connectivity index (χ1) is 45.1. The fraction of sp³-hybridized carbons (Fsp3) is 0. The Morgan fingerprint density at radius 2 is 0.522 bits per heavy atom. The second-order valence-corrected chi connectivity index (χ2v) is 22.0. The fourth-order valence-electron chi connectivity index (χ4n) is 12.4. The van der Waals surface area contributed by atoms with Gasteiger partial charge in [0.1, 0.15) is 6.07 Å². The van der Waals surface area contributed by atoms with Gasteiger partial charge in [0, 0.05) is 38.2 Å². The Bertz CT molecular complexity index is 5490. The molecule has 0 bridgehead atoms. The standard InChI is InChI=1S/C80H38N12/c81-39-48-19-49(40-82)24-62(23-48)58-11-15-75-69(31-58)70-32-59(63-25-50(41-83)20-51(26-63)42-84)12-16-76(70)91(75)79-38-68(66-35-73(56-7-3-1-4-8-56)90-74(36-66)57-9-5-2-6-10-57)80(37-67(79)47-89)92-77-17-13-60(64-27-52(43-85)21-53(28-64)44-86)33-71(77)72-34-61(14-18-78(72)92)65-29-54(45-87)22-55(30-65)46-88/h1-38H. The molecule has 3 heterocycles. The van der Waals surface area contributed by atoms with Crippen molar-refractivity contribution >= 4 is 43.6 Å². The van der Waals surface area contributed by atoms with E-state index in [9.17, 15) is 47.4 Å². The molecule has 14 rings (SSSR count). The molecule has 0 spiro atoms. The van der Waals surface area contributed by atoms with Crippen LogP contribution in [0.1, 0.15) is 50.1 Å². The maximum Gasteiger partial charge on any atom is 0.101 e. The van der Waals surface area contributed by atoms with Gasteiger partial charge in [0.2, 0.25) is 0 Å². The summed E-state index contributed by atoms with van der Waals surface area (Å²) in [6, 6.07) is 92.2. The van der Waals surface area contributed by atoms with Crippen molar-refractivity contribution in [3.8, 4) is 144 Å². The zero-order chi connectivity index (χ0) is 63.1. The Kier molecular flexibility index (Phi) is 13.7. The zero-order valence-corrected chi connectivity index (χ0v) is 48.3. The molecular weight excluding hydrogens is 1130 g/mol. The van der Waals surface area contributed by atoms with Gasteiger partial charge in [0.05, 0.1) is 143 Å². The van der Waals surface area contributed by atoms with Crippen molar-refractivity contribution in [2.24, 2.45) is 0 Å². The maximum absolute atomic E-state index is 11.9. The van der Waals surface area contributed by atoms with E-state index in [0.717, 1.165) is 82.6 Å². The van der Waals surface area contributed by atoms with Crippen LogP contribution in [0.15, 0.2) is 231 Å². The van der Waals surface area contributed by atoms with E-state index in [4.69, 9.17) is 4.98 Å². The third-order valence-corrected chi connectivity index (χ3v) is 16.6. The van der Waals surface area contributed by atoms with Gasteiger partial charge < -0.3 is 9.13 Å². The molecule has 11 aromatic carbocycles. The molecule has 0 aliphatic carbocycles. The molecule has 0 radical (unpaired) electrons. The molecule has 0 unspecified atom stereocenters. The van der Waals surface area contributed by atoms with Crippen LogP contribution in [0.5, 0.6) is 0 Å². The second kappa shape index (κ2) is 22.8. The van der Waals surface area contributed by atoms with E-state index in [2.05, 4.69) is 75.9 Å². The summed E-state index contributed by atoms with van der Waals surface area (Å²) in [7, 11) is 0. The number of hydrogen-bond acceptors (Lipinski definition) is 10. The van der Waals surface area contributed by atoms with Crippen LogP contribution in [-0.4, -0.2) is 14.1 Å². The normalized spacial score (nSPS) is 10.7. The van der Waals surface area contributed by atoms with Crippen LogP contribution < -0.4 is 0 Å². The minimum atomic E-state index is 0.301. The number of rotatable bonds is 9. The van der Waals surface area contributed by atoms with E-state index < -0.39 is 0 Å². The SMILES string of the molecule is N#Cc1cc(C#N)cc(-c2ccc3c(c2)c2cc(-c4cc(C#N)cc(C#N)c4)ccc2n3-c2cc(-c3cc(-c4ccccc4)nc(-c4ccccc4)c3)c(-n3c4ccc(-c5cc(C#N)cc(C#N)c5)cc4c4cc(-c5cc(C#N)cc(C#N)c5)ccc43)cc2C#N)c1. The number of benzene rings is 11. The summed E-state index contributed by atoms with van der Waals surface area (Å²) in [5.74, 6) is 0. The van der Waals surface area contributed by atoms with Gasteiger partial charge in [-0.25, -0.2) is 4.98 Å². The molecule has 0 saturated heterocycles. The number of hydrogen-bond donors (Lipinski definition) is 0. The zero-order valence-electron chi connectivity index (χ0n) is 48.3. The van der Waals surface area contributed by atoms with Crippen LogP contribution in [0, 0.1) is 102 Å². The van der Waals surface area contributed by atoms with Gasteiger partial charge in [-0.3, -0.25) is 0 Å². The monoisotopic (exact) mass is 1170 g/mol. The summed E-state index contributed by atoms with van der Waals surface area (Å²) in [6.07, 6.45) is 0. The van der Waals surface area contributed by atoms with Gasteiger partial charge in [-0.15, -0.1) is 0 Å². The van der Waals surface area contributed by atoms with Crippen LogP contribution in [-0.2, 0) is 0 Å². The number of nitrogens with zero attached hydrogens (tertiary/aromatic N) is 12. The van der Waals surface area contributed by atoms with Crippen LogP contribution in [0.2, 0.25) is 0 Å². The maximum atomic E-state index is 11.9. The Morgan fingerprint density at radius 3 is 0.804 bits per heavy atom. The minimum absolute atomic E-state index is 0.301. The summed E-state index contributed by atoms with van der Waals surface area (Å²) in [4.78, 5) is 5.30. The van der Waals surface area contributed by atoms with Gasteiger partial charge in [-0.05, 0) is 196 Å². The molecule has 92 heavy (non-hydrogen) atoms. The minimum Gasteiger partial charge on any atom is -0.309 e. The predicted molar refractivity (Wildman–Crippen MR) is 353 cm³/mol. The summed E-state index contributed by atoms with van der Waals surface area (Å²) < 4.78 is 4.21. The van der Waals surface area contributed by atoms with Gasteiger partial charge in [0.25, 0.3) is 0 Å². The van der Waals surface area contributed by atoms with E-state index >= 15 is 0 Å². The van der Waals surface area contributed by atoms with E-state index in [1.54, 1.807) is 72.8 Å². The van der Waals surface area contributed by atoms with Gasteiger partial charge in [-0.2, -0.15) is 47.4 Å². The Balaban J connectivity index is 1.10. The van der Waals surface area contributed by atoms with Crippen LogP contribution in [0.25, 0.3) is 133 Å².